The number of carboxylic acids is 1. The van der Waals surface area contributed by atoms with Crippen LogP contribution >= 0.6 is 0 Å². The molecular weight excluding hydrogens is 268 g/mol. The summed E-state index contributed by atoms with van der Waals surface area (Å²) in [6.45, 7) is 0.933. The van der Waals surface area contributed by atoms with Crippen LogP contribution in [-0.4, -0.2) is 51.0 Å². The first-order valence-corrected chi connectivity index (χ1v) is 7.38. The number of hydrogen-bond donors (Lipinski definition) is 2. The highest BCUT2D eigenvalue weighted by atomic mass is 32.2. The highest BCUT2D eigenvalue weighted by Crippen LogP contribution is 2.11. The van der Waals surface area contributed by atoms with Crippen LogP contribution in [0.1, 0.15) is 15.9 Å². The molecule has 0 heterocycles. The predicted octanol–water partition coefficient (Wildman–Crippen LogP) is 0.366. The molecule has 0 aromatic heterocycles. The molecule has 0 aliphatic rings. The molecule has 0 amide bonds. The van der Waals surface area contributed by atoms with Gasteiger partial charge >= 0.3 is 5.97 Å². The number of carboxylic acid groups (broad SMARTS) is 1. The molecule has 0 atom stereocenters. The van der Waals surface area contributed by atoms with Gasteiger partial charge in [0.1, 0.15) is 0 Å². The quantitative estimate of drug-likeness (QED) is 0.756. The van der Waals surface area contributed by atoms with Gasteiger partial charge in [-0.3, -0.25) is 0 Å². The fourth-order valence-electron chi connectivity index (χ4n) is 1.52. The zero-order valence-corrected chi connectivity index (χ0v) is 11.8. The molecule has 0 aliphatic carbocycles. The maximum Gasteiger partial charge on any atom is 0.335 e. The van der Waals surface area contributed by atoms with E-state index in [4.69, 9.17) is 5.11 Å². The number of benzene rings is 1. The Morgan fingerprint density at radius 1 is 1.42 bits per heavy atom. The molecule has 1 aromatic rings. The van der Waals surface area contributed by atoms with Crippen molar-refractivity contribution < 1.29 is 18.3 Å². The fourth-order valence-corrected chi connectivity index (χ4v) is 2.71. The van der Waals surface area contributed by atoms with Crippen molar-refractivity contribution in [3.8, 4) is 0 Å². The minimum absolute atomic E-state index is 0.0885. The Labute approximate surface area is 113 Å². The second-order valence-corrected chi connectivity index (χ2v) is 6.26. The summed E-state index contributed by atoms with van der Waals surface area (Å²) < 4.78 is 25.3. The average molecular weight is 286 g/mol. The van der Waals surface area contributed by atoms with Crippen LogP contribution in [0, 0.1) is 0 Å². The van der Waals surface area contributed by atoms with E-state index in [1.165, 1.54) is 23.5 Å². The van der Waals surface area contributed by atoms with Gasteiger partial charge < -0.3 is 10.4 Å². The third-order valence-electron chi connectivity index (χ3n) is 2.67. The van der Waals surface area contributed by atoms with Crippen molar-refractivity contribution in [3.05, 3.63) is 35.4 Å². The molecule has 0 radical (unpaired) electrons. The van der Waals surface area contributed by atoms with Crippen molar-refractivity contribution in [3.63, 3.8) is 0 Å². The topological polar surface area (TPSA) is 86.7 Å². The highest BCUT2D eigenvalue weighted by Gasteiger charge is 2.18. The fraction of sp³-hybridized carbons (Fsp3) is 0.417. The molecule has 7 heteroatoms. The van der Waals surface area contributed by atoms with Crippen LogP contribution < -0.4 is 5.32 Å². The minimum atomic E-state index is -3.43. The summed E-state index contributed by atoms with van der Waals surface area (Å²) in [7, 11) is -0.173. The summed E-state index contributed by atoms with van der Waals surface area (Å²) in [4.78, 5) is 10.8. The first-order valence-electron chi connectivity index (χ1n) is 5.77. The first kappa shape index (κ1) is 15.6. The molecule has 19 heavy (non-hydrogen) atoms. The summed E-state index contributed by atoms with van der Waals surface area (Å²) in [5.41, 5.74) is 0.557. The lowest BCUT2D eigenvalue weighted by Crippen LogP contribution is -2.33. The Kier molecular flexibility index (Phi) is 5.46. The van der Waals surface area contributed by atoms with Crippen LogP contribution in [0.15, 0.2) is 24.3 Å². The van der Waals surface area contributed by atoms with E-state index in [0.717, 1.165) is 0 Å². The molecule has 0 aliphatic heterocycles. The minimum Gasteiger partial charge on any atom is -0.478 e. The normalized spacial score (nSPS) is 11.7. The van der Waals surface area contributed by atoms with Gasteiger partial charge in [-0.15, -0.1) is 0 Å². The van der Waals surface area contributed by atoms with Gasteiger partial charge in [0, 0.05) is 20.1 Å². The number of rotatable bonds is 7. The first-order chi connectivity index (χ1) is 8.86. The predicted molar refractivity (Wildman–Crippen MR) is 72.6 cm³/mol. The maximum absolute atomic E-state index is 12.0. The molecule has 0 saturated carbocycles. The highest BCUT2D eigenvalue weighted by molar-refractivity contribution is 7.88. The summed E-state index contributed by atoms with van der Waals surface area (Å²) in [6, 6.07) is 5.97. The standard InChI is InChI=1S/C12H18N2O4S/c1-13-6-7-14(2)19(17,18)9-10-4-3-5-11(8-10)12(15)16/h3-5,8,13H,6-7,9H2,1-2H3,(H,15,16). The average Bonchev–Trinajstić information content (AvgIpc) is 2.35. The Hall–Kier alpha value is -1.44. The summed E-state index contributed by atoms with van der Waals surface area (Å²) in [5, 5.41) is 11.7. The summed E-state index contributed by atoms with van der Waals surface area (Å²) >= 11 is 0. The van der Waals surface area contributed by atoms with Gasteiger partial charge in [0.05, 0.1) is 11.3 Å². The molecule has 2 N–H and O–H groups in total. The van der Waals surface area contributed by atoms with Crippen LogP contribution in [0.3, 0.4) is 0 Å². The van der Waals surface area contributed by atoms with Gasteiger partial charge in [0.25, 0.3) is 0 Å². The lowest BCUT2D eigenvalue weighted by atomic mass is 10.1. The van der Waals surface area contributed by atoms with E-state index in [1.807, 2.05) is 0 Å². The van der Waals surface area contributed by atoms with E-state index < -0.39 is 16.0 Å². The van der Waals surface area contributed by atoms with Crippen LogP contribution in [0.5, 0.6) is 0 Å². The van der Waals surface area contributed by atoms with Crippen LogP contribution in [0.25, 0.3) is 0 Å². The Balaban J connectivity index is 2.83. The molecule has 106 valence electrons. The summed E-state index contributed by atoms with van der Waals surface area (Å²) in [6.07, 6.45) is 0. The monoisotopic (exact) mass is 286 g/mol. The summed E-state index contributed by atoms with van der Waals surface area (Å²) in [5.74, 6) is -1.27. The van der Waals surface area contributed by atoms with E-state index in [-0.39, 0.29) is 11.3 Å². The van der Waals surface area contributed by atoms with E-state index >= 15 is 0 Å². The van der Waals surface area contributed by atoms with Crippen molar-refractivity contribution in [2.75, 3.05) is 27.2 Å². The van der Waals surface area contributed by atoms with Gasteiger partial charge in [-0.05, 0) is 24.7 Å². The molecule has 0 unspecified atom stereocenters. The number of carbonyl (C=O) groups is 1. The molecule has 0 saturated heterocycles. The molecule has 0 spiro atoms. The second-order valence-electron chi connectivity index (χ2n) is 4.19. The van der Waals surface area contributed by atoms with Crippen molar-refractivity contribution in [1.82, 2.24) is 9.62 Å². The third kappa shape index (κ3) is 4.62. The Bertz CT molecular complexity index is 542. The molecule has 0 bridgehead atoms. The third-order valence-corrected chi connectivity index (χ3v) is 4.51. The molecule has 6 nitrogen and oxygen atoms in total. The number of likely N-dealkylation sites (N-methyl/N-ethyl adjacent to an activating group) is 2. The molecular formula is C12H18N2O4S. The van der Waals surface area contributed by atoms with Gasteiger partial charge in [-0.2, -0.15) is 0 Å². The van der Waals surface area contributed by atoms with E-state index in [2.05, 4.69) is 5.32 Å². The lowest BCUT2D eigenvalue weighted by molar-refractivity contribution is 0.0696. The zero-order valence-electron chi connectivity index (χ0n) is 11.0. The van der Waals surface area contributed by atoms with E-state index in [0.29, 0.717) is 18.7 Å². The second kappa shape index (κ2) is 6.65. The van der Waals surface area contributed by atoms with Crippen molar-refractivity contribution in [2.45, 2.75) is 5.75 Å². The number of sulfonamides is 1. The molecule has 1 rings (SSSR count). The smallest absolute Gasteiger partial charge is 0.335 e. The SMILES string of the molecule is CNCCN(C)S(=O)(=O)Cc1cccc(C(=O)O)c1. The number of aromatic carboxylic acids is 1. The number of nitrogens with one attached hydrogen (secondary N) is 1. The Morgan fingerprint density at radius 2 is 2.11 bits per heavy atom. The lowest BCUT2D eigenvalue weighted by Gasteiger charge is -2.17. The molecule has 0 fully saturated rings. The van der Waals surface area contributed by atoms with Crippen LogP contribution in [-0.2, 0) is 15.8 Å². The van der Waals surface area contributed by atoms with E-state index in [9.17, 15) is 13.2 Å². The number of hydrogen-bond acceptors (Lipinski definition) is 4. The van der Waals surface area contributed by atoms with Crippen LogP contribution in [0.2, 0.25) is 0 Å². The van der Waals surface area contributed by atoms with Gasteiger partial charge in [-0.25, -0.2) is 17.5 Å². The van der Waals surface area contributed by atoms with Crippen LogP contribution in [0.4, 0.5) is 0 Å². The molecule has 1 aromatic carbocycles. The van der Waals surface area contributed by atoms with Crippen molar-refractivity contribution in [1.29, 1.82) is 0 Å². The van der Waals surface area contributed by atoms with Gasteiger partial charge in [0.15, 0.2) is 0 Å². The maximum atomic E-state index is 12.0. The van der Waals surface area contributed by atoms with Crippen molar-refractivity contribution >= 4 is 16.0 Å². The van der Waals surface area contributed by atoms with Crippen molar-refractivity contribution in [2.24, 2.45) is 0 Å². The Morgan fingerprint density at radius 3 is 2.68 bits per heavy atom. The number of nitrogens with zero attached hydrogens (tertiary/aromatic N) is 1. The van der Waals surface area contributed by atoms with Gasteiger partial charge in [-0.1, -0.05) is 12.1 Å². The largest absolute Gasteiger partial charge is 0.478 e. The van der Waals surface area contributed by atoms with Gasteiger partial charge in [0.2, 0.25) is 10.0 Å². The zero-order chi connectivity index (χ0) is 14.5. The van der Waals surface area contributed by atoms with E-state index in [1.54, 1.807) is 19.2 Å².